The van der Waals surface area contributed by atoms with Gasteiger partial charge in [0.05, 0.1) is 5.56 Å². The lowest BCUT2D eigenvalue weighted by atomic mass is 9.92. The van der Waals surface area contributed by atoms with E-state index in [-0.39, 0.29) is 11.5 Å². The number of H-pyrrole nitrogens is 1. The van der Waals surface area contributed by atoms with Crippen LogP contribution in [0.15, 0.2) is 30.6 Å². The van der Waals surface area contributed by atoms with Crippen molar-refractivity contribution in [3.63, 3.8) is 0 Å². The average molecular weight is 254 g/mol. The fourth-order valence-electron chi connectivity index (χ4n) is 2.09. The van der Waals surface area contributed by atoms with Crippen LogP contribution >= 0.6 is 0 Å². The van der Waals surface area contributed by atoms with Crippen molar-refractivity contribution in [2.75, 3.05) is 0 Å². The van der Waals surface area contributed by atoms with Gasteiger partial charge in [-0.2, -0.15) is 13.2 Å². The molecule has 2 rings (SSSR count). The van der Waals surface area contributed by atoms with Crippen LogP contribution in [-0.2, 0) is 6.18 Å². The van der Waals surface area contributed by atoms with Crippen molar-refractivity contribution in [3.8, 4) is 0 Å². The van der Waals surface area contributed by atoms with Gasteiger partial charge in [-0.3, -0.25) is 0 Å². The molecular formula is C13H13F3N2. The van der Waals surface area contributed by atoms with E-state index in [2.05, 4.69) is 9.97 Å². The number of rotatable bonds is 2. The van der Waals surface area contributed by atoms with Crippen molar-refractivity contribution in [1.82, 2.24) is 9.97 Å². The Labute approximate surface area is 103 Å². The molecule has 1 heterocycles. The molecule has 1 atom stereocenters. The Kier molecular flexibility index (Phi) is 3.15. The molecule has 0 amide bonds. The van der Waals surface area contributed by atoms with Crippen LogP contribution in [0.25, 0.3) is 0 Å². The summed E-state index contributed by atoms with van der Waals surface area (Å²) < 4.78 is 38.4. The third-order valence-electron chi connectivity index (χ3n) is 3.08. The Morgan fingerprint density at radius 3 is 2.56 bits per heavy atom. The molecule has 0 saturated carbocycles. The zero-order valence-electron chi connectivity index (χ0n) is 10.0. The lowest BCUT2D eigenvalue weighted by Gasteiger charge is -2.17. The molecule has 0 aliphatic heterocycles. The van der Waals surface area contributed by atoms with E-state index in [9.17, 15) is 13.2 Å². The molecule has 0 aliphatic carbocycles. The summed E-state index contributed by atoms with van der Waals surface area (Å²) in [6.07, 6.45) is -1.06. The van der Waals surface area contributed by atoms with Gasteiger partial charge < -0.3 is 4.98 Å². The van der Waals surface area contributed by atoms with Crippen LogP contribution in [0.5, 0.6) is 0 Å². The fraction of sp³-hybridized carbons (Fsp3) is 0.308. The van der Waals surface area contributed by atoms with E-state index >= 15 is 0 Å². The summed E-state index contributed by atoms with van der Waals surface area (Å²) in [4.78, 5) is 7.02. The van der Waals surface area contributed by atoms with Crippen molar-refractivity contribution < 1.29 is 13.2 Å². The van der Waals surface area contributed by atoms with E-state index in [1.165, 1.54) is 13.0 Å². The molecule has 0 aliphatic rings. The van der Waals surface area contributed by atoms with Gasteiger partial charge in [0.1, 0.15) is 5.82 Å². The number of imidazole rings is 1. The van der Waals surface area contributed by atoms with Crippen LogP contribution in [0, 0.1) is 6.92 Å². The van der Waals surface area contributed by atoms with E-state index in [1.807, 2.05) is 6.92 Å². The molecule has 0 spiro atoms. The first-order valence-corrected chi connectivity index (χ1v) is 5.57. The van der Waals surface area contributed by atoms with Crippen molar-refractivity contribution in [1.29, 1.82) is 0 Å². The van der Waals surface area contributed by atoms with E-state index in [1.54, 1.807) is 18.5 Å². The van der Waals surface area contributed by atoms with Crippen LogP contribution in [0.4, 0.5) is 13.2 Å². The lowest BCUT2D eigenvalue weighted by molar-refractivity contribution is -0.138. The van der Waals surface area contributed by atoms with Crippen molar-refractivity contribution >= 4 is 0 Å². The van der Waals surface area contributed by atoms with Gasteiger partial charge in [-0.25, -0.2) is 4.98 Å². The minimum Gasteiger partial charge on any atom is -0.348 e. The molecule has 2 aromatic rings. The number of hydrogen-bond acceptors (Lipinski definition) is 1. The van der Waals surface area contributed by atoms with E-state index < -0.39 is 11.7 Å². The average Bonchev–Trinajstić information content (AvgIpc) is 2.80. The number of benzene rings is 1. The van der Waals surface area contributed by atoms with E-state index in [0.717, 1.165) is 6.07 Å². The third kappa shape index (κ3) is 2.25. The summed E-state index contributed by atoms with van der Waals surface area (Å²) in [5, 5.41) is 0. The minimum atomic E-state index is -4.32. The van der Waals surface area contributed by atoms with Gasteiger partial charge in [-0.15, -0.1) is 0 Å². The Balaban J connectivity index is 2.47. The van der Waals surface area contributed by atoms with E-state index in [4.69, 9.17) is 0 Å². The highest BCUT2D eigenvalue weighted by Crippen LogP contribution is 2.35. The Morgan fingerprint density at radius 1 is 1.28 bits per heavy atom. The number of nitrogens with one attached hydrogen (secondary N) is 1. The standard InChI is InChI=1S/C13H13F3N2/c1-8-10(9(2)12-17-6-7-18-12)4-3-5-11(8)13(14,15)16/h3-7,9H,1-2H3,(H,17,18). The van der Waals surface area contributed by atoms with Gasteiger partial charge in [-0.05, 0) is 24.1 Å². The summed E-state index contributed by atoms with van der Waals surface area (Å²) in [6, 6.07) is 4.25. The first kappa shape index (κ1) is 12.7. The summed E-state index contributed by atoms with van der Waals surface area (Å²) in [7, 11) is 0. The zero-order chi connectivity index (χ0) is 13.3. The summed E-state index contributed by atoms with van der Waals surface area (Å²) in [6.45, 7) is 3.33. The molecule has 0 bridgehead atoms. The van der Waals surface area contributed by atoms with Crippen molar-refractivity contribution in [3.05, 3.63) is 53.1 Å². The van der Waals surface area contributed by atoms with Gasteiger partial charge in [0.15, 0.2) is 0 Å². The second kappa shape index (κ2) is 4.48. The molecule has 1 aromatic heterocycles. The molecule has 96 valence electrons. The van der Waals surface area contributed by atoms with E-state index in [0.29, 0.717) is 11.4 Å². The molecule has 2 nitrogen and oxygen atoms in total. The first-order chi connectivity index (χ1) is 8.41. The normalized spacial score (nSPS) is 13.6. The van der Waals surface area contributed by atoms with Gasteiger partial charge in [0.25, 0.3) is 0 Å². The van der Waals surface area contributed by atoms with Crippen LogP contribution in [0.2, 0.25) is 0 Å². The maximum Gasteiger partial charge on any atom is 0.416 e. The van der Waals surface area contributed by atoms with Crippen LogP contribution in [0.1, 0.15) is 35.4 Å². The van der Waals surface area contributed by atoms with Crippen LogP contribution < -0.4 is 0 Å². The fourth-order valence-corrected chi connectivity index (χ4v) is 2.09. The summed E-state index contributed by atoms with van der Waals surface area (Å²) >= 11 is 0. The molecule has 1 unspecified atom stereocenters. The minimum absolute atomic E-state index is 0.192. The monoisotopic (exact) mass is 254 g/mol. The Hall–Kier alpha value is -1.78. The maximum absolute atomic E-state index is 12.8. The number of nitrogens with zero attached hydrogens (tertiary/aromatic N) is 1. The molecule has 1 N–H and O–H groups in total. The highest BCUT2D eigenvalue weighted by Gasteiger charge is 2.33. The molecule has 5 heteroatoms. The van der Waals surface area contributed by atoms with Gasteiger partial charge in [0, 0.05) is 18.3 Å². The third-order valence-corrected chi connectivity index (χ3v) is 3.08. The summed E-state index contributed by atoms with van der Waals surface area (Å²) in [5.74, 6) is 0.472. The molecule has 0 saturated heterocycles. The predicted molar refractivity (Wildman–Crippen MR) is 62.3 cm³/mol. The van der Waals surface area contributed by atoms with Gasteiger partial charge >= 0.3 is 6.18 Å². The molecule has 0 radical (unpaired) electrons. The zero-order valence-corrected chi connectivity index (χ0v) is 10.0. The van der Waals surface area contributed by atoms with Crippen molar-refractivity contribution in [2.45, 2.75) is 25.9 Å². The Bertz CT molecular complexity index is 530. The second-order valence-corrected chi connectivity index (χ2v) is 4.21. The quantitative estimate of drug-likeness (QED) is 0.865. The SMILES string of the molecule is Cc1c(C(C)c2ncc[nH]2)cccc1C(F)(F)F. The van der Waals surface area contributed by atoms with Gasteiger partial charge in [-0.1, -0.05) is 19.1 Å². The predicted octanol–water partition coefficient (Wildman–Crippen LogP) is 3.89. The lowest BCUT2D eigenvalue weighted by Crippen LogP contribution is -2.11. The first-order valence-electron chi connectivity index (χ1n) is 5.57. The molecule has 18 heavy (non-hydrogen) atoms. The highest BCUT2D eigenvalue weighted by molar-refractivity contribution is 5.40. The van der Waals surface area contributed by atoms with Crippen molar-refractivity contribution in [2.24, 2.45) is 0 Å². The largest absolute Gasteiger partial charge is 0.416 e. The van der Waals surface area contributed by atoms with Crippen LogP contribution in [0.3, 0.4) is 0 Å². The number of alkyl halides is 3. The smallest absolute Gasteiger partial charge is 0.348 e. The number of halogens is 3. The maximum atomic E-state index is 12.8. The number of hydrogen-bond donors (Lipinski definition) is 1. The topological polar surface area (TPSA) is 28.7 Å². The van der Waals surface area contributed by atoms with Gasteiger partial charge in [0.2, 0.25) is 0 Å². The number of aromatic nitrogens is 2. The summed E-state index contributed by atoms with van der Waals surface area (Å²) in [5.41, 5.74) is 0.312. The van der Waals surface area contributed by atoms with Crippen LogP contribution in [-0.4, -0.2) is 9.97 Å². The molecule has 0 fully saturated rings. The Morgan fingerprint density at radius 2 is 2.00 bits per heavy atom. The molecular weight excluding hydrogens is 241 g/mol. The second-order valence-electron chi connectivity index (χ2n) is 4.21. The molecule has 1 aromatic carbocycles. The highest BCUT2D eigenvalue weighted by atomic mass is 19.4. The number of aromatic amines is 1.